The molecule has 0 saturated heterocycles. The Bertz CT molecular complexity index is 294. The molecule has 0 amide bonds. The summed E-state index contributed by atoms with van der Waals surface area (Å²) >= 11 is 2.31. The Kier molecular flexibility index (Phi) is 4.28. The molecule has 1 rings (SSSR count). The second kappa shape index (κ2) is 5.27. The van der Waals surface area contributed by atoms with Crippen molar-refractivity contribution in [3.05, 3.63) is 40.0 Å². The zero-order valence-corrected chi connectivity index (χ0v) is 9.97. The molecule has 0 aliphatic carbocycles. The molecule has 0 aromatic heterocycles. The molecule has 0 spiro atoms. The third-order valence-electron chi connectivity index (χ3n) is 1.87. The summed E-state index contributed by atoms with van der Waals surface area (Å²) in [6.45, 7) is 6.94. The molecule has 0 heterocycles. The van der Waals surface area contributed by atoms with Crippen molar-refractivity contribution in [1.29, 1.82) is 0 Å². The average molecular weight is 287 g/mol. The summed E-state index contributed by atoms with van der Waals surface area (Å²) in [6, 6.07) is 8.34. The van der Waals surface area contributed by atoms with Gasteiger partial charge in [0.05, 0.1) is 0 Å². The van der Waals surface area contributed by atoms with Crippen LogP contribution in [0.1, 0.15) is 13.3 Å². The summed E-state index contributed by atoms with van der Waals surface area (Å²) in [4.78, 5) is 0. The molecule has 0 fully saturated rings. The van der Waals surface area contributed by atoms with Gasteiger partial charge in [-0.15, -0.1) is 0 Å². The molecule has 0 bridgehead atoms. The van der Waals surface area contributed by atoms with Gasteiger partial charge in [0.25, 0.3) is 0 Å². The smallest absolute Gasteiger partial charge is 0.0357 e. The lowest BCUT2D eigenvalue weighted by Crippen LogP contribution is -2.03. The Morgan fingerprint density at radius 2 is 2.31 bits per heavy atom. The van der Waals surface area contributed by atoms with E-state index in [4.69, 9.17) is 0 Å². The van der Waals surface area contributed by atoms with Crippen molar-refractivity contribution in [3.8, 4) is 0 Å². The Morgan fingerprint density at radius 3 is 2.92 bits per heavy atom. The predicted octanol–water partition coefficient (Wildman–Crippen LogP) is 3.67. The van der Waals surface area contributed by atoms with Crippen molar-refractivity contribution in [2.24, 2.45) is 0 Å². The maximum absolute atomic E-state index is 3.95. The molecule has 0 aliphatic rings. The molecule has 1 aromatic rings. The molecule has 0 atom stereocenters. The highest BCUT2D eigenvalue weighted by molar-refractivity contribution is 14.1. The molecule has 1 N–H and O–H groups in total. The van der Waals surface area contributed by atoms with Gasteiger partial charge in [-0.05, 0) is 47.2 Å². The van der Waals surface area contributed by atoms with E-state index in [1.54, 1.807) is 0 Å². The van der Waals surface area contributed by atoms with Crippen LogP contribution in [0.3, 0.4) is 0 Å². The van der Waals surface area contributed by atoms with Crippen LogP contribution < -0.4 is 5.32 Å². The molecule has 0 aliphatic heterocycles. The molecular weight excluding hydrogens is 273 g/mol. The van der Waals surface area contributed by atoms with E-state index >= 15 is 0 Å². The first-order valence-corrected chi connectivity index (χ1v) is 5.46. The Balaban J connectivity index is 2.50. The summed E-state index contributed by atoms with van der Waals surface area (Å²) in [5.74, 6) is 0. The van der Waals surface area contributed by atoms with Crippen LogP contribution in [0.15, 0.2) is 36.4 Å². The van der Waals surface area contributed by atoms with Gasteiger partial charge >= 0.3 is 0 Å². The van der Waals surface area contributed by atoms with Crippen molar-refractivity contribution in [2.75, 3.05) is 11.9 Å². The first kappa shape index (κ1) is 10.6. The third kappa shape index (κ3) is 3.81. The highest BCUT2D eigenvalue weighted by Crippen LogP contribution is 2.12. The van der Waals surface area contributed by atoms with Crippen LogP contribution in [0, 0.1) is 3.57 Å². The lowest BCUT2D eigenvalue weighted by Gasteiger charge is -2.07. The van der Waals surface area contributed by atoms with Gasteiger partial charge in [0.2, 0.25) is 0 Å². The molecular formula is C11H14IN. The summed E-state index contributed by atoms with van der Waals surface area (Å²) < 4.78 is 1.25. The number of anilines is 1. The predicted molar refractivity (Wildman–Crippen MR) is 67.1 cm³/mol. The summed E-state index contributed by atoms with van der Waals surface area (Å²) in [5.41, 5.74) is 2.40. The number of hydrogen-bond acceptors (Lipinski definition) is 1. The molecule has 1 nitrogen and oxygen atoms in total. The number of nitrogens with one attached hydrogen (secondary N) is 1. The number of rotatable bonds is 4. The zero-order chi connectivity index (χ0) is 9.68. The third-order valence-corrected chi connectivity index (χ3v) is 2.54. The fourth-order valence-corrected chi connectivity index (χ4v) is 1.49. The lowest BCUT2D eigenvalue weighted by molar-refractivity contribution is 1.05. The minimum absolute atomic E-state index is 0.872. The van der Waals surface area contributed by atoms with E-state index in [0.717, 1.165) is 13.0 Å². The average Bonchev–Trinajstić information content (AvgIpc) is 2.14. The molecule has 1 aromatic carbocycles. The lowest BCUT2D eigenvalue weighted by atomic mass is 10.2. The van der Waals surface area contributed by atoms with E-state index in [-0.39, 0.29) is 0 Å². The van der Waals surface area contributed by atoms with Gasteiger partial charge < -0.3 is 5.32 Å². The van der Waals surface area contributed by atoms with E-state index in [9.17, 15) is 0 Å². The highest BCUT2D eigenvalue weighted by atomic mass is 127. The standard InChI is InChI=1S/C11H14IN/c1-3-9(2)8-13-11-6-4-5-10(12)7-11/h4-7,13H,2-3,8H2,1H3. The SMILES string of the molecule is C=C(CC)CNc1cccc(I)c1. The van der Waals surface area contributed by atoms with Crippen LogP contribution in [-0.2, 0) is 0 Å². The summed E-state index contributed by atoms with van der Waals surface area (Å²) in [7, 11) is 0. The number of halogens is 1. The molecule has 13 heavy (non-hydrogen) atoms. The normalized spacial score (nSPS) is 9.69. The number of benzene rings is 1. The van der Waals surface area contributed by atoms with Crippen LogP contribution in [0.5, 0.6) is 0 Å². The Hall–Kier alpha value is -0.510. The minimum Gasteiger partial charge on any atom is -0.381 e. The highest BCUT2D eigenvalue weighted by Gasteiger charge is 1.93. The van der Waals surface area contributed by atoms with Crippen molar-refractivity contribution in [2.45, 2.75) is 13.3 Å². The van der Waals surface area contributed by atoms with Crippen LogP contribution in [0.25, 0.3) is 0 Å². The maximum atomic E-state index is 3.95. The van der Waals surface area contributed by atoms with E-state index in [1.165, 1.54) is 14.8 Å². The largest absolute Gasteiger partial charge is 0.381 e. The quantitative estimate of drug-likeness (QED) is 0.658. The molecule has 0 unspecified atom stereocenters. The van der Waals surface area contributed by atoms with Gasteiger partial charge in [0, 0.05) is 15.8 Å². The summed E-state index contributed by atoms with van der Waals surface area (Å²) in [5, 5.41) is 3.33. The van der Waals surface area contributed by atoms with Crippen molar-refractivity contribution >= 4 is 28.3 Å². The van der Waals surface area contributed by atoms with Gasteiger partial charge in [-0.3, -0.25) is 0 Å². The second-order valence-corrected chi connectivity index (χ2v) is 4.21. The van der Waals surface area contributed by atoms with Gasteiger partial charge in [-0.1, -0.05) is 25.1 Å². The van der Waals surface area contributed by atoms with E-state index in [1.807, 2.05) is 0 Å². The van der Waals surface area contributed by atoms with Gasteiger partial charge in [-0.2, -0.15) is 0 Å². The van der Waals surface area contributed by atoms with Gasteiger partial charge in [-0.25, -0.2) is 0 Å². The zero-order valence-electron chi connectivity index (χ0n) is 7.81. The van der Waals surface area contributed by atoms with Crippen molar-refractivity contribution in [1.82, 2.24) is 0 Å². The van der Waals surface area contributed by atoms with Gasteiger partial charge in [0.1, 0.15) is 0 Å². The fourth-order valence-electron chi connectivity index (χ4n) is 0.951. The molecule has 2 heteroatoms. The minimum atomic E-state index is 0.872. The summed E-state index contributed by atoms with van der Waals surface area (Å²) in [6.07, 6.45) is 1.04. The van der Waals surface area contributed by atoms with E-state index in [0.29, 0.717) is 0 Å². The molecule has 70 valence electrons. The van der Waals surface area contributed by atoms with Crippen LogP contribution in [0.2, 0.25) is 0 Å². The van der Waals surface area contributed by atoms with Crippen molar-refractivity contribution < 1.29 is 0 Å². The monoisotopic (exact) mass is 287 g/mol. The first-order valence-electron chi connectivity index (χ1n) is 4.38. The maximum Gasteiger partial charge on any atom is 0.0357 e. The Labute approximate surface area is 93.4 Å². The number of hydrogen-bond donors (Lipinski definition) is 1. The fraction of sp³-hybridized carbons (Fsp3) is 0.273. The first-order chi connectivity index (χ1) is 6.22. The van der Waals surface area contributed by atoms with E-state index < -0.39 is 0 Å². The van der Waals surface area contributed by atoms with Gasteiger partial charge in [0.15, 0.2) is 0 Å². The molecule has 0 radical (unpaired) electrons. The Morgan fingerprint density at radius 1 is 1.54 bits per heavy atom. The van der Waals surface area contributed by atoms with Crippen LogP contribution in [-0.4, -0.2) is 6.54 Å². The second-order valence-electron chi connectivity index (χ2n) is 2.97. The van der Waals surface area contributed by atoms with Crippen LogP contribution >= 0.6 is 22.6 Å². The van der Waals surface area contributed by atoms with Crippen LogP contribution in [0.4, 0.5) is 5.69 Å². The molecule has 0 saturated carbocycles. The topological polar surface area (TPSA) is 12.0 Å². The van der Waals surface area contributed by atoms with Crippen molar-refractivity contribution in [3.63, 3.8) is 0 Å². The van der Waals surface area contributed by atoms with E-state index in [2.05, 4.69) is 65.7 Å².